The summed E-state index contributed by atoms with van der Waals surface area (Å²) in [6.45, 7) is 3.77. The van der Waals surface area contributed by atoms with Crippen LogP contribution in [0, 0.1) is 5.92 Å². The molecule has 0 fully saturated rings. The van der Waals surface area contributed by atoms with E-state index >= 15 is 0 Å². The fourth-order valence-electron chi connectivity index (χ4n) is 2.89. The standard InChI is InChI=1S/C20H24Cl2N2O3S/c1-14(2)9-19(15-7-5-4-6-8-15)23-20(25)13-24(28(3,26)27)18-11-16(21)10-17(22)12-18/h4-8,10-12,14,19H,9,13H2,1-3H3,(H,23,25). The molecular weight excluding hydrogens is 419 g/mol. The number of carbonyl (C=O) groups excluding carboxylic acids is 1. The van der Waals surface area contributed by atoms with Gasteiger partial charge in [-0.3, -0.25) is 9.10 Å². The molecule has 2 rings (SSSR count). The summed E-state index contributed by atoms with van der Waals surface area (Å²) in [4.78, 5) is 12.7. The summed E-state index contributed by atoms with van der Waals surface area (Å²) in [5.74, 6) is -0.0562. The minimum absolute atomic E-state index is 0.210. The first-order chi connectivity index (χ1) is 13.1. The molecule has 8 heteroatoms. The summed E-state index contributed by atoms with van der Waals surface area (Å²) in [5, 5.41) is 3.54. The van der Waals surface area contributed by atoms with Gasteiger partial charge in [-0.05, 0) is 36.1 Å². The average molecular weight is 443 g/mol. The molecular formula is C20H24Cl2N2O3S. The first-order valence-corrected chi connectivity index (χ1v) is 11.4. The first kappa shape index (κ1) is 22.5. The van der Waals surface area contributed by atoms with Crippen LogP contribution in [-0.2, 0) is 14.8 Å². The van der Waals surface area contributed by atoms with E-state index in [1.165, 1.54) is 18.2 Å². The highest BCUT2D eigenvalue weighted by molar-refractivity contribution is 7.92. The second-order valence-corrected chi connectivity index (χ2v) is 9.84. The first-order valence-electron chi connectivity index (χ1n) is 8.84. The summed E-state index contributed by atoms with van der Waals surface area (Å²) in [6.07, 6.45) is 1.77. The van der Waals surface area contributed by atoms with Crippen LogP contribution in [0.15, 0.2) is 48.5 Å². The maximum absolute atomic E-state index is 12.7. The smallest absolute Gasteiger partial charge is 0.241 e. The zero-order chi connectivity index (χ0) is 20.9. The lowest BCUT2D eigenvalue weighted by molar-refractivity contribution is -0.120. The predicted molar refractivity (Wildman–Crippen MR) is 115 cm³/mol. The summed E-state index contributed by atoms with van der Waals surface area (Å²) in [5.41, 5.74) is 1.22. The van der Waals surface area contributed by atoms with Crippen molar-refractivity contribution in [3.05, 3.63) is 64.1 Å². The van der Waals surface area contributed by atoms with Crippen LogP contribution in [0.1, 0.15) is 31.9 Å². The fourth-order valence-corrected chi connectivity index (χ4v) is 4.24. The van der Waals surface area contributed by atoms with E-state index in [9.17, 15) is 13.2 Å². The number of rotatable bonds is 8. The Balaban J connectivity index is 2.25. The highest BCUT2D eigenvalue weighted by Crippen LogP contribution is 2.27. The van der Waals surface area contributed by atoms with Crippen LogP contribution in [0.4, 0.5) is 5.69 Å². The van der Waals surface area contributed by atoms with Crippen LogP contribution in [0.3, 0.4) is 0 Å². The topological polar surface area (TPSA) is 66.5 Å². The molecule has 0 aliphatic rings. The van der Waals surface area contributed by atoms with Crippen LogP contribution >= 0.6 is 23.2 Å². The summed E-state index contributed by atoms with van der Waals surface area (Å²) in [6, 6.07) is 13.8. The number of nitrogens with zero attached hydrogens (tertiary/aromatic N) is 1. The van der Waals surface area contributed by atoms with Gasteiger partial charge in [0.05, 0.1) is 18.0 Å². The van der Waals surface area contributed by atoms with E-state index in [1.807, 2.05) is 30.3 Å². The second kappa shape index (κ2) is 9.63. The Morgan fingerprint density at radius 3 is 2.14 bits per heavy atom. The molecule has 0 saturated carbocycles. The molecule has 152 valence electrons. The third-order valence-electron chi connectivity index (χ3n) is 4.07. The molecule has 0 bridgehead atoms. The number of anilines is 1. The van der Waals surface area contributed by atoms with E-state index in [4.69, 9.17) is 23.2 Å². The Morgan fingerprint density at radius 2 is 1.64 bits per heavy atom. The van der Waals surface area contributed by atoms with Crippen molar-refractivity contribution in [2.45, 2.75) is 26.3 Å². The Hall–Kier alpha value is -1.76. The molecule has 0 aromatic heterocycles. The molecule has 1 amide bonds. The summed E-state index contributed by atoms with van der Waals surface area (Å²) >= 11 is 12.0. The van der Waals surface area contributed by atoms with Gasteiger partial charge in [-0.25, -0.2) is 8.42 Å². The lowest BCUT2D eigenvalue weighted by Crippen LogP contribution is -2.41. The lowest BCUT2D eigenvalue weighted by atomic mass is 9.97. The van der Waals surface area contributed by atoms with Crippen LogP contribution in [0.2, 0.25) is 10.0 Å². The van der Waals surface area contributed by atoms with E-state index in [0.29, 0.717) is 16.0 Å². The minimum atomic E-state index is -3.71. The second-order valence-electron chi connectivity index (χ2n) is 7.06. The predicted octanol–water partition coefficient (Wildman–Crippen LogP) is 4.66. The number of nitrogens with one attached hydrogen (secondary N) is 1. The third kappa shape index (κ3) is 6.69. The number of amides is 1. The molecule has 0 heterocycles. The van der Waals surface area contributed by atoms with Gasteiger partial charge in [0.15, 0.2) is 0 Å². The van der Waals surface area contributed by atoms with Crippen molar-refractivity contribution in [1.82, 2.24) is 5.32 Å². The molecule has 1 N–H and O–H groups in total. The fraction of sp³-hybridized carbons (Fsp3) is 0.350. The van der Waals surface area contributed by atoms with E-state index in [1.54, 1.807) is 0 Å². The zero-order valence-electron chi connectivity index (χ0n) is 16.0. The van der Waals surface area contributed by atoms with Gasteiger partial charge in [0.2, 0.25) is 15.9 Å². The van der Waals surface area contributed by atoms with Gasteiger partial charge >= 0.3 is 0 Å². The molecule has 0 saturated heterocycles. The lowest BCUT2D eigenvalue weighted by Gasteiger charge is -2.25. The van der Waals surface area contributed by atoms with Gasteiger partial charge in [-0.15, -0.1) is 0 Å². The van der Waals surface area contributed by atoms with Crippen molar-refractivity contribution >= 4 is 44.8 Å². The Labute approximate surface area is 176 Å². The summed E-state index contributed by atoms with van der Waals surface area (Å²) < 4.78 is 25.6. The SMILES string of the molecule is CC(C)CC(NC(=O)CN(c1cc(Cl)cc(Cl)c1)S(C)(=O)=O)c1ccccc1. The number of benzene rings is 2. The Bertz CT molecular complexity index is 898. The Morgan fingerprint density at radius 1 is 1.07 bits per heavy atom. The molecule has 2 aromatic carbocycles. The van der Waals surface area contributed by atoms with E-state index in [-0.39, 0.29) is 18.3 Å². The molecule has 1 unspecified atom stereocenters. The molecule has 0 radical (unpaired) electrons. The van der Waals surface area contributed by atoms with Gasteiger partial charge in [0.25, 0.3) is 0 Å². The molecule has 1 atom stereocenters. The maximum atomic E-state index is 12.7. The van der Waals surface area contributed by atoms with E-state index in [2.05, 4.69) is 19.2 Å². The molecule has 0 aliphatic heterocycles. The van der Waals surface area contributed by atoms with Gasteiger partial charge < -0.3 is 5.32 Å². The highest BCUT2D eigenvalue weighted by atomic mass is 35.5. The minimum Gasteiger partial charge on any atom is -0.348 e. The number of sulfonamides is 1. The van der Waals surface area contributed by atoms with E-state index < -0.39 is 15.9 Å². The monoisotopic (exact) mass is 442 g/mol. The van der Waals surface area contributed by atoms with E-state index in [0.717, 1.165) is 22.5 Å². The Kier molecular flexibility index (Phi) is 7.75. The molecule has 2 aromatic rings. The largest absolute Gasteiger partial charge is 0.348 e. The molecule has 0 aliphatic carbocycles. The third-order valence-corrected chi connectivity index (χ3v) is 5.64. The molecule has 28 heavy (non-hydrogen) atoms. The van der Waals surface area contributed by atoms with Crippen LogP contribution < -0.4 is 9.62 Å². The molecule has 5 nitrogen and oxygen atoms in total. The van der Waals surface area contributed by atoms with Crippen LogP contribution in [0.25, 0.3) is 0 Å². The van der Waals surface area contributed by atoms with Crippen molar-refractivity contribution in [2.75, 3.05) is 17.1 Å². The van der Waals surface area contributed by atoms with Crippen molar-refractivity contribution in [3.8, 4) is 0 Å². The van der Waals surface area contributed by atoms with Crippen LogP contribution in [0.5, 0.6) is 0 Å². The number of hydrogen-bond donors (Lipinski definition) is 1. The van der Waals surface area contributed by atoms with Gasteiger partial charge in [-0.1, -0.05) is 67.4 Å². The van der Waals surface area contributed by atoms with Crippen molar-refractivity contribution < 1.29 is 13.2 Å². The highest BCUT2D eigenvalue weighted by Gasteiger charge is 2.24. The van der Waals surface area contributed by atoms with Gasteiger partial charge in [0.1, 0.15) is 6.54 Å². The number of hydrogen-bond acceptors (Lipinski definition) is 3. The van der Waals surface area contributed by atoms with Crippen molar-refractivity contribution in [2.24, 2.45) is 5.92 Å². The summed E-state index contributed by atoms with van der Waals surface area (Å²) in [7, 11) is -3.71. The van der Waals surface area contributed by atoms with Crippen molar-refractivity contribution in [1.29, 1.82) is 0 Å². The van der Waals surface area contributed by atoms with Crippen LogP contribution in [-0.4, -0.2) is 27.1 Å². The van der Waals surface area contributed by atoms with Gasteiger partial charge in [0, 0.05) is 10.0 Å². The molecule has 0 spiro atoms. The normalized spacial score (nSPS) is 12.6. The number of halogens is 2. The number of carbonyl (C=O) groups is 1. The van der Waals surface area contributed by atoms with Gasteiger partial charge in [-0.2, -0.15) is 0 Å². The maximum Gasteiger partial charge on any atom is 0.241 e. The average Bonchev–Trinajstić information content (AvgIpc) is 2.57. The van der Waals surface area contributed by atoms with Crippen molar-refractivity contribution in [3.63, 3.8) is 0 Å². The zero-order valence-corrected chi connectivity index (χ0v) is 18.4. The quantitative estimate of drug-likeness (QED) is 0.645.